The summed E-state index contributed by atoms with van der Waals surface area (Å²) in [7, 11) is 0. The molecule has 0 saturated carbocycles. The molecule has 2 amide bonds. The second-order valence-electron chi connectivity index (χ2n) is 8.06. The van der Waals surface area contributed by atoms with E-state index in [2.05, 4.69) is 17.6 Å². The minimum absolute atomic E-state index is 0.0690. The molecular formula is C23H25ClFN3O2. The van der Waals surface area contributed by atoms with E-state index < -0.39 is 12.1 Å². The molecule has 5 nitrogen and oxygen atoms in total. The number of fused-ring (bicyclic) bond motifs is 2. The molecule has 0 spiro atoms. The van der Waals surface area contributed by atoms with Gasteiger partial charge in [0.15, 0.2) is 0 Å². The Labute approximate surface area is 179 Å². The van der Waals surface area contributed by atoms with E-state index in [4.69, 9.17) is 17.3 Å². The number of alkyl halides is 1. The minimum Gasteiger partial charge on any atom is -0.366 e. The van der Waals surface area contributed by atoms with Gasteiger partial charge in [0.1, 0.15) is 6.17 Å². The fourth-order valence-corrected chi connectivity index (χ4v) is 5.28. The third-order valence-electron chi connectivity index (χ3n) is 6.45. The van der Waals surface area contributed by atoms with Crippen molar-refractivity contribution < 1.29 is 14.0 Å². The zero-order valence-electron chi connectivity index (χ0n) is 17.1. The number of piperidine rings is 1. The molecule has 2 atom stereocenters. The monoisotopic (exact) mass is 429 g/mol. The zero-order chi connectivity index (χ0) is 21.7. The fraction of sp³-hybridized carbons (Fsp3) is 0.391. The molecule has 1 aromatic heterocycles. The number of rotatable bonds is 3. The van der Waals surface area contributed by atoms with Crippen LogP contribution in [0.4, 0.5) is 4.39 Å². The maximum atomic E-state index is 15.6. The van der Waals surface area contributed by atoms with Crippen LogP contribution in [0.25, 0.3) is 11.1 Å². The van der Waals surface area contributed by atoms with Crippen molar-refractivity contribution in [3.05, 3.63) is 56.7 Å². The summed E-state index contributed by atoms with van der Waals surface area (Å²) in [5.74, 6) is -0.738. The van der Waals surface area contributed by atoms with Crippen molar-refractivity contribution in [2.24, 2.45) is 5.73 Å². The molecule has 0 aromatic carbocycles. The van der Waals surface area contributed by atoms with E-state index >= 15 is 4.39 Å². The third kappa shape index (κ3) is 3.05. The Morgan fingerprint density at radius 3 is 2.77 bits per heavy atom. The van der Waals surface area contributed by atoms with E-state index in [-0.39, 0.29) is 23.9 Å². The van der Waals surface area contributed by atoms with Crippen molar-refractivity contribution in [3.8, 4) is 0 Å². The highest BCUT2D eigenvalue weighted by molar-refractivity contribution is 6.31. The molecule has 4 rings (SSSR count). The molecule has 30 heavy (non-hydrogen) atoms. The SMILES string of the molecule is C=CC(=O)N1CCC2=C(C3=c4c(Cl)c(C)[nH]c4=C(C(N)=O)CC3F)CCC=C2C1C. The third-order valence-corrected chi connectivity index (χ3v) is 6.92. The normalized spacial score (nSPS) is 23.7. The average molecular weight is 430 g/mol. The van der Waals surface area contributed by atoms with Crippen LogP contribution in [-0.2, 0) is 9.59 Å². The molecule has 3 N–H and O–H groups in total. The highest BCUT2D eigenvalue weighted by Crippen LogP contribution is 2.41. The lowest BCUT2D eigenvalue weighted by Crippen LogP contribution is -2.45. The number of H-pyrrole nitrogens is 1. The molecule has 7 heteroatoms. The first-order valence-corrected chi connectivity index (χ1v) is 10.5. The lowest BCUT2D eigenvalue weighted by atomic mass is 9.77. The maximum Gasteiger partial charge on any atom is 0.246 e. The van der Waals surface area contributed by atoms with Gasteiger partial charge in [-0.1, -0.05) is 24.3 Å². The number of likely N-dealkylation sites (tertiary alicyclic amines) is 1. The largest absolute Gasteiger partial charge is 0.366 e. The van der Waals surface area contributed by atoms with Crippen molar-refractivity contribution >= 4 is 34.6 Å². The molecular weight excluding hydrogens is 405 g/mol. The molecule has 1 fully saturated rings. The van der Waals surface area contributed by atoms with Crippen molar-refractivity contribution in [2.45, 2.75) is 51.7 Å². The molecule has 158 valence electrons. The summed E-state index contributed by atoms with van der Waals surface area (Å²) >= 11 is 6.58. The predicted molar refractivity (Wildman–Crippen MR) is 116 cm³/mol. The van der Waals surface area contributed by atoms with Crippen LogP contribution >= 0.6 is 11.6 Å². The Morgan fingerprint density at radius 2 is 2.10 bits per heavy atom. The topological polar surface area (TPSA) is 79.2 Å². The number of carbonyl (C=O) groups excluding carboxylic acids is 2. The number of nitrogens with two attached hydrogens (primary N) is 1. The number of hydrogen-bond acceptors (Lipinski definition) is 2. The van der Waals surface area contributed by atoms with Gasteiger partial charge in [0.2, 0.25) is 11.8 Å². The van der Waals surface area contributed by atoms with Crippen LogP contribution in [0.1, 0.15) is 38.3 Å². The zero-order valence-corrected chi connectivity index (χ0v) is 17.9. The summed E-state index contributed by atoms with van der Waals surface area (Å²) in [6, 6.07) is -0.104. The second-order valence-corrected chi connectivity index (χ2v) is 8.44. The van der Waals surface area contributed by atoms with Gasteiger partial charge < -0.3 is 15.6 Å². The number of primary amides is 1. The van der Waals surface area contributed by atoms with Crippen molar-refractivity contribution in [1.82, 2.24) is 9.88 Å². The van der Waals surface area contributed by atoms with Crippen LogP contribution in [0.2, 0.25) is 5.02 Å². The summed E-state index contributed by atoms with van der Waals surface area (Å²) in [5.41, 5.74) is 10.1. The summed E-state index contributed by atoms with van der Waals surface area (Å²) < 4.78 is 15.6. The van der Waals surface area contributed by atoms with E-state index in [1.807, 2.05) is 6.92 Å². The molecule has 2 aliphatic carbocycles. The highest BCUT2D eigenvalue weighted by Gasteiger charge is 2.36. The Bertz CT molecular complexity index is 1160. The first kappa shape index (κ1) is 20.7. The number of allylic oxidation sites excluding steroid dienone is 2. The first-order chi connectivity index (χ1) is 14.3. The molecule has 1 aliphatic heterocycles. The Balaban J connectivity index is 1.97. The van der Waals surface area contributed by atoms with Crippen molar-refractivity contribution in [1.29, 1.82) is 0 Å². The van der Waals surface area contributed by atoms with E-state index in [9.17, 15) is 9.59 Å². The molecule has 1 aromatic rings. The summed E-state index contributed by atoms with van der Waals surface area (Å²) in [6.45, 7) is 7.94. The van der Waals surface area contributed by atoms with Crippen LogP contribution in [-0.4, -0.2) is 40.5 Å². The van der Waals surface area contributed by atoms with Gasteiger partial charge in [-0.25, -0.2) is 4.39 Å². The number of aryl methyl sites for hydroxylation is 1. The molecule has 0 radical (unpaired) electrons. The summed E-state index contributed by atoms with van der Waals surface area (Å²) in [5, 5.41) is 1.52. The van der Waals surface area contributed by atoms with Crippen molar-refractivity contribution in [3.63, 3.8) is 0 Å². The van der Waals surface area contributed by atoms with Gasteiger partial charge in [-0.2, -0.15) is 0 Å². The van der Waals surface area contributed by atoms with Crippen molar-refractivity contribution in [2.75, 3.05) is 6.54 Å². The number of halogens is 2. The Hall–Kier alpha value is -2.60. The van der Waals surface area contributed by atoms with Crippen LogP contribution in [0, 0.1) is 6.92 Å². The van der Waals surface area contributed by atoms with Gasteiger partial charge >= 0.3 is 0 Å². The van der Waals surface area contributed by atoms with E-state index in [1.165, 1.54) is 6.08 Å². The van der Waals surface area contributed by atoms with Gasteiger partial charge in [0.05, 0.1) is 16.4 Å². The van der Waals surface area contributed by atoms with Crippen LogP contribution in [0.15, 0.2) is 35.5 Å². The highest BCUT2D eigenvalue weighted by atomic mass is 35.5. The summed E-state index contributed by atoms with van der Waals surface area (Å²) in [4.78, 5) is 29.1. The Morgan fingerprint density at radius 1 is 1.37 bits per heavy atom. The maximum absolute atomic E-state index is 15.6. The standard InChI is InChI=1S/C23H25ClFN3O2/c1-4-18(29)28-9-8-14-13(12(28)3)6-5-7-15(14)19-17(25)10-16(23(26)30)22-20(19)21(24)11(2)27-22/h4,6,12,17,27H,1,5,7-10H2,2-3H3,(H2,26,30). The fourth-order valence-electron chi connectivity index (χ4n) is 5.03. The molecule has 2 heterocycles. The van der Waals surface area contributed by atoms with E-state index in [0.29, 0.717) is 46.2 Å². The van der Waals surface area contributed by atoms with Gasteiger partial charge in [-0.05, 0) is 55.9 Å². The van der Waals surface area contributed by atoms with Gasteiger partial charge in [0.25, 0.3) is 0 Å². The Kier molecular flexibility index (Phi) is 5.22. The van der Waals surface area contributed by atoms with E-state index in [0.717, 1.165) is 23.1 Å². The molecule has 1 saturated heterocycles. The number of aromatic nitrogens is 1. The number of nitrogens with one attached hydrogen (secondary N) is 1. The number of nitrogens with zero attached hydrogens (tertiary/aromatic N) is 1. The van der Waals surface area contributed by atoms with Gasteiger partial charge in [0, 0.05) is 35.0 Å². The minimum atomic E-state index is -1.36. The van der Waals surface area contributed by atoms with Gasteiger partial charge in [-0.15, -0.1) is 0 Å². The van der Waals surface area contributed by atoms with Crippen LogP contribution < -0.4 is 16.3 Å². The average Bonchev–Trinajstić information content (AvgIpc) is 3.01. The van der Waals surface area contributed by atoms with E-state index in [1.54, 1.807) is 11.8 Å². The molecule has 2 unspecified atom stereocenters. The lowest BCUT2D eigenvalue weighted by Gasteiger charge is -2.40. The number of hydrogen-bond donors (Lipinski definition) is 2. The number of carbonyl (C=O) groups is 2. The first-order valence-electron chi connectivity index (χ1n) is 10.2. The number of aromatic amines is 1. The predicted octanol–water partition coefficient (Wildman–Crippen LogP) is 2.33. The smallest absolute Gasteiger partial charge is 0.246 e. The number of amides is 2. The van der Waals surface area contributed by atoms with Crippen LogP contribution in [0.5, 0.6) is 0 Å². The second kappa shape index (κ2) is 7.58. The summed E-state index contributed by atoms with van der Waals surface area (Å²) in [6.07, 6.45) is 4.14. The molecule has 0 bridgehead atoms. The quantitative estimate of drug-likeness (QED) is 0.723. The van der Waals surface area contributed by atoms with Crippen LogP contribution in [0.3, 0.4) is 0 Å². The van der Waals surface area contributed by atoms with Gasteiger partial charge in [-0.3, -0.25) is 9.59 Å². The molecule has 3 aliphatic rings. The lowest BCUT2D eigenvalue weighted by molar-refractivity contribution is -0.127.